The van der Waals surface area contributed by atoms with Gasteiger partial charge >= 0.3 is 0 Å². The fourth-order valence-electron chi connectivity index (χ4n) is 3.29. The number of nitrogens with zero attached hydrogens (tertiary/aromatic N) is 1. The highest BCUT2D eigenvalue weighted by atomic mass is 15.2. The highest BCUT2D eigenvalue weighted by Gasteiger charge is 2.26. The predicted octanol–water partition coefficient (Wildman–Crippen LogP) is 4.45. The maximum absolute atomic E-state index is 6.21. The summed E-state index contributed by atoms with van der Waals surface area (Å²) in [6.07, 6.45) is 2.37. The average molecular weight is 290 g/mol. The molecule has 1 atom stereocenters. The standard InChI is InChI=1S/C19H34N2/c1-7-17(8-2)21(13-14(3)4)19(12-20)18-11-9-10-15(5)16(18)6/h9-11,14,17,19H,7-8,12-13,20H2,1-6H3. The van der Waals surface area contributed by atoms with Crippen molar-refractivity contribution in [3.63, 3.8) is 0 Å². The van der Waals surface area contributed by atoms with Crippen LogP contribution in [0, 0.1) is 19.8 Å². The Bertz CT molecular complexity index is 422. The summed E-state index contributed by atoms with van der Waals surface area (Å²) < 4.78 is 0. The molecular formula is C19H34N2. The maximum Gasteiger partial charge on any atom is 0.0476 e. The van der Waals surface area contributed by atoms with Crippen molar-refractivity contribution in [2.75, 3.05) is 13.1 Å². The molecule has 0 heterocycles. The first-order valence-electron chi connectivity index (χ1n) is 8.48. The zero-order valence-corrected chi connectivity index (χ0v) is 14.8. The molecular weight excluding hydrogens is 256 g/mol. The average Bonchev–Trinajstić information content (AvgIpc) is 2.44. The van der Waals surface area contributed by atoms with E-state index in [4.69, 9.17) is 5.73 Å². The van der Waals surface area contributed by atoms with Crippen LogP contribution in [-0.2, 0) is 0 Å². The number of benzene rings is 1. The Hall–Kier alpha value is -0.860. The Morgan fingerprint density at radius 2 is 1.71 bits per heavy atom. The van der Waals surface area contributed by atoms with E-state index < -0.39 is 0 Å². The molecule has 0 radical (unpaired) electrons. The second-order valence-corrected chi connectivity index (χ2v) is 6.60. The quantitative estimate of drug-likeness (QED) is 0.766. The van der Waals surface area contributed by atoms with Gasteiger partial charge in [0.1, 0.15) is 0 Å². The third kappa shape index (κ3) is 4.55. The molecule has 1 aromatic rings. The van der Waals surface area contributed by atoms with Crippen LogP contribution in [0.1, 0.15) is 63.3 Å². The molecule has 2 heteroatoms. The Balaban J connectivity index is 3.19. The van der Waals surface area contributed by atoms with Gasteiger partial charge in [-0.1, -0.05) is 45.9 Å². The molecule has 0 aliphatic carbocycles. The van der Waals surface area contributed by atoms with Gasteiger partial charge in [0.2, 0.25) is 0 Å². The minimum atomic E-state index is 0.331. The minimum absolute atomic E-state index is 0.331. The smallest absolute Gasteiger partial charge is 0.0476 e. The second kappa shape index (κ2) is 8.55. The first-order valence-corrected chi connectivity index (χ1v) is 8.48. The summed E-state index contributed by atoms with van der Waals surface area (Å²) in [5.74, 6) is 0.657. The van der Waals surface area contributed by atoms with Crippen molar-refractivity contribution >= 4 is 0 Å². The SMILES string of the molecule is CCC(CC)N(CC(C)C)C(CN)c1cccc(C)c1C. The summed E-state index contributed by atoms with van der Waals surface area (Å²) in [5.41, 5.74) is 10.4. The number of nitrogens with two attached hydrogens (primary N) is 1. The van der Waals surface area contributed by atoms with Crippen molar-refractivity contribution in [1.82, 2.24) is 4.90 Å². The molecule has 21 heavy (non-hydrogen) atoms. The van der Waals surface area contributed by atoms with Gasteiger partial charge in [0.15, 0.2) is 0 Å². The summed E-state index contributed by atoms with van der Waals surface area (Å²) in [5, 5.41) is 0. The largest absolute Gasteiger partial charge is 0.329 e. The molecule has 0 bridgehead atoms. The van der Waals surface area contributed by atoms with Crippen molar-refractivity contribution in [2.45, 2.75) is 66.5 Å². The van der Waals surface area contributed by atoms with Crippen molar-refractivity contribution in [3.05, 3.63) is 34.9 Å². The molecule has 0 aliphatic rings. The van der Waals surface area contributed by atoms with E-state index >= 15 is 0 Å². The Morgan fingerprint density at radius 1 is 1.10 bits per heavy atom. The molecule has 0 aliphatic heterocycles. The molecule has 1 unspecified atom stereocenters. The Morgan fingerprint density at radius 3 is 2.19 bits per heavy atom. The van der Waals surface area contributed by atoms with Crippen LogP contribution >= 0.6 is 0 Å². The van der Waals surface area contributed by atoms with Crippen molar-refractivity contribution < 1.29 is 0 Å². The molecule has 120 valence electrons. The molecule has 0 aromatic heterocycles. The highest BCUT2D eigenvalue weighted by Crippen LogP contribution is 2.29. The third-order valence-electron chi connectivity index (χ3n) is 4.62. The fourth-order valence-corrected chi connectivity index (χ4v) is 3.29. The molecule has 2 N–H and O–H groups in total. The predicted molar refractivity (Wildman–Crippen MR) is 93.6 cm³/mol. The topological polar surface area (TPSA) is 29.3 Å². The second-order valence-electron chi connectivity index (χ2n) is 6.60. The maximum atomic E-state index is 6.21. The van der Waals surface area contributed by atoms with Gasteiger partial charge in [0.25, 0.3) is 0 Å². The van der Waals surface area contributed by atoms with Crippen molar-refractivity contribution in [1.29, 1.82) is 0 Å². The molecule has 0 saturated heterocycles. The van der Waals surface area contributed by atoms with Crippen molar-refractivity contribution in [3.8, 4) is 0 Å². The van der Waals surface area contributed by atoms with Crippen LogP contribution in [0.25, 0.3) is 0 Å². The van der Waals surface area contributed by atoms with Crippen LogP contribution in [-0.4, -0.2) is 24.0 Å². The lowest BCUT2D eigenvalue weighted by Gasteiger charge is -2.39. The van der Waals surface area contributed by atoms with Crippen LogP contribution in [0.5, 0.6) is 0 Å². The number of aryl methyl sites for hydroxylation is 1. The summed E-state index contributed by atoms with van der Waals surface area (Å²) >= 11 is 0. The van der Waals surface area contributed by atoms with Crippen LogP contribution < -0.4 is 5.73 Å². The number of hydrogen-bond acceptors (Lipinski definition) is 2. The fraction of sp³-hybridized carbons (Fsp3) is 0.684. The van der Waals surface area contributed by atoms with Gasteiger partial charge in [0, 0.05) is 25.2 Å². The van der Waals surface area contributed by atoms with E-state index in [-0.39, 0.29) is 0 Å². The lowest BCUT2D eigenvalue weighted by Crippen LogP contribution is -2.43. The van der Waals surface area contributed by atoms with Crippen LogP contribution in [0.15, 0.2) is 18.2 Å². The summed E-state index contributed by atoms with van der Waals surface area (Å²) in [6.45, 7) is 15.4. The van der Waals surface area contributed by atoms with E-state index in [1.165, 1.54) is 29.5 Å². The molecule has 1 aromatic carbocycles. The molecule has 0 amide bonds. The number of rotatable bonds is 8. The van der Waals surface area contributed by atoms with Gasteiger partial charge in [-0.15, -0.1) is 0 Å². The highest BCUT2D eigenvalue weighted by molar-refractivity contribution is 5.35. The van der Waals surface area contributed by atoms with E-state index in [0.29, 0.717) is 24.5 Å². The van der Waals surface area contributed by atoms with Crippen LogP contribution in [0.4, 0.5) is 0 Å². The van der Waals surface area contributed by atoms with Crippen LogP contribution in [0.2, 0.25) is 0 Å². The molecule has 0 fully saturated rings. The minimum Gasteiger partial charge on any atom is -0.329 e. The number of hydrogen-bond donors (Lipinski definition) is 1. The zero-order valence-electron chi connectivity index (χ0n) is 14.8. The van der Waals surface area contributed by atoms with Gasteiger partial charge < -0.3 is 5.73 Å². The molecule has 2 nitrogen and oxygen atoms in total. The van der Waals surface area contributed by atoms with E-state index in [9.17, 15) is 0 Å². The van der Waals surface area contributed by atoms with E-state index in [0.717, 1.165) is 6.54 Å². The van der Waals surface area contributed by atoms with E-state index in [1.54, 1.807) is 0 Å². The van der Waals surface area contributed by atoms with Gasteiger partial charge in [-0.25, -0.2) is 0 Å². The lowest BCUT2D eigenvalue weighted by atomic mass is 9.93. The third-order valence-corrected chi connectivity index (χ3v) is 4.62. The first-order chi connectivity index (χ1) is 9.96. The lowest BCUT2D eigenvalue weighted by molar-refractivity contribution is 0.112. The molecule has 0 saturated carbocycles. The summed E-state index contributed by atoms with van der Waals surface area (Å²) in [4.78, 5) is 2.65. The summed E-state index contributed by atoms with van der Waals surface area (Å²) in [6, 6.07) is 7.56. The zero-order chi connectivity index (χ0) is 16.0. The van der Waals surface area contributed by atoms with Gasteiger partial charge in [-0.3, -0.25) is 4.90 Å². The summed E-state index contributed by atoms with van der Waals surface area (Å²) in [7, 11) is 0. The monoisotopic (exact) mass is 290 g/mol. The first kappa shape index (κ1) is 18.2. The Labute approximate surface area is 131 Å². The molecule has 1 rings (SSSR count). The van der Waals surface area contributed by atoms with E-state index in [2.05, 4.69) is 64.6 Å². The van der Waals surface area contributed by atoms with Crippen LogP contribution in [0.3, 0.4) is 0 Å². The van der Waals surface area contributed by atoms with Gasteiger partial charge in [0.05, 0.1) is 0 Å². The molecule has 0 spiro atoms. The van der Waals surface area contributed by atoms with Gasteiger partial charge in [-0.2, -0.15) is 0 Å². The Kier molecular flexibility index (Phi) is 7.41. The normalized spacial score (nSPS) is 13.4. The van der Waals surface area contributed by atoms with E-state index in [1.807, 2.05) is 0 Å². The van der Waals surface area contributed by atoms with Gasteiger partial charge in [-0.05, 0) is 49.3 Å². The van der Waals surface area contributed by atoms with Crippen molar-refractivity contribution in [2.24, 2.45) is 11.7 Å².